The van der Waals surface area contributed by atoms with Gasteiger partial charge in [-0.1, -0.05) is 97.6 Å². The third-order valence-corrected chi connectivity index (χ3v) is 7.17. The van der Waals surface area contributed by atoms with E-state index >= 15 is 0 Å². The van der Waals surface area contributed by atoms with Crippen LogP contribution < -0.4 is 5.32 Å². The van der Waals surface area contributed by atoms with Gasteiger partial charge in [0.05, 0.1) is 16.9 Å². The zero-order chi connectivity index (χ0) is 27.1. The van der Waals surface area contributed by atoms with Gasteiger partial charge in [0.2, 0.25) is 5.71 Å². The molecule has 6 heteroatoms. The van der Waals surface area contributed by atoms with E-state index in [4.69, 9.17) is 16.5 Å². The molecular weight excluding hydrogens is 492 g/mol. The molecular formula is C34H20N6. The Morgan fingerprint density at radius 1 is 0.725 bits per heavy atom. The summed E-state index contributed by atoms with van der Waals surface area (Å²) in [7, 11) is 0. The van der Waals surface area contributed by atoms with Crippen LogP contribution in [0.1, 0.15) is 17.4 Å². The molecule has 6 nitrogen and oxygen atoms in total. The third-order valence-electron chi connectivity index (χ3n) is 7.17. The number of aromatic nitrogens is 2. The van der Waals surface area contributed by atoms with Crippen LogP contribution in [0, 0.1) is 17.9 Å². The van der Waals surface area contributed by atoms with Gasteiger partial charge in [-0.05, 0) is 45.3 Å². The Balaban J connectivity index is 1.39. The fraction of sp³-hybridized carbons (Fsp3) is 0.0294. The zero-order valence-corrected chi connectivity index (χ0v) is 21.2. The van der Waals surface area contributed by atoms with Crippen LogP contribution in [0.15, 0.2) is 120 Å². The summed E-state index contributed by atoms with van der Waals surface area (Å²) in [6.45, 7) is 7.78. The minimum absolute atomic E-state index is 0.138. The van der Waals surface area contributed by atoms with Gasteiger partial charge in [-0.15, -0.1) is 4.99 Å². The van der Waals surface area contributed by atoms with E-state index < -0.39 is 6.04 Å². The lowest BCUT2D eigenvalue weighted by Gasteiger charge is -2.23. The van der Waals surface area contributed by atoms with Crippen molar-refractivity contribution in [3.63, 3.8) is 0 Å². The molecule has 7 rings (SSSR count). The van der Waals surface area contributed by atoms with Crippen molar-refractivity contribution in [2.75, 3.05) is 0 Å². The first-order valence-corrected chi connectivity index (χ1v) is 12.8. The van der Waals surface area contributed by atoms with Crippen molar-refractivity contribution >= 4 is 43.9 Å². The summed E-state index contributed by atoms with van der Waals surface area (Å²) in [4.78, 5) is 18.0. The van der Waals surface area contributed by atoms with Crippen molar-refractivity contribution in [2.45, 2.75) is 6.04 Å². The maximum Gasteiger partial charge on any atom is 0.294 e. The van der Waals surface area contributed by atoms with Gasteiger partial charge in [-0.3, -0.25) is 0 Å². The predicted molar refractivity (Wildman–Crippen MR) is 159 cm³/mol. The van der Waals surface area contributed by atoms with Gasteiger partial charge in [-0.25, -0.2) is 9.97 Å². The van der Waals surface area contributed by atoms with Gasteiger partial charge < -0.3 is 10.2 Å². The number of aliphatic imine (C=N–C) groups is 1. The second-order valence-electron chi connectivity index (χ2n) is 9.57. The Morgan fingerprint density at radius 2 is 1.35 bits per heavy atom. The molecule has 1 aliphatic heterocycles. The Morgan fingerprint density at radius 3 is 2.05 bits per heavy atom. The lowest BCUT2D eigenvalue weighted by molar-refractivity contribution is 0.740. The Kier molecular flexibility index (Phi) is 5.51. The smallest absolute Gasteiger partial charge is 0.294 e. The van der Waals surface area contributed by atoms with E-state index in [-0.39, 0.29) is 11.5 Å². The minimum Gasteiger partial charge on any atom is -0.375 e. The molecule has 6 aromatic rings. The molecule has 0 bridgehead atoms. The summed E-state index contributed by atoms with van der Waals surface area (Å²) in [6.07, 6.45) is 0. The number of rotatable bonds is 3. The summed E-state index contributed by atoms with van der Waals surface area (Å²) in [5.74, 6) is 0.558. The highest BCUT2D eigenvalue weighted by Gasteiger charge is 2.32. The number of benzene rings is 5. The molecule has 5 aromatic carbocycles. The van der Waals surface area contributed by atoms with Gasteiger partial charge in [0.1, 0.15) is 6.07 Å². The number of hydrogen-bond acceptors (Lipinski definition) is 5. The lowest BCUT2D eigenvalue weighted by atomic mass is 10.0. The summed E-state index contributed by atoms with van der Waals surface area (Å²) in [5.41, 5.74) is 4.01. The highest BCUT2D eigenvalue weighted by molar-refractivity contribution is 6.06. The summed E-state index contributed by atoms with van der Waals surface area (Å²) < 4.78 is 0. The van der Waals surface area contributed by atoms with E-state index in [0.717, 1.165) is 49.3 Å². The predicted octanol–water partition coefficient (Wildman–Crippen LogP) is 7.46. The van der Waals surface area contributed by atoms with Crippen molar-refractivity contribution in [1.82, 2.24) is 15.3 Å². The maximum atomic E-state index is 10.1. The quantitative estimate of drug-likeness (QED) is 0.250. The van der Waals surface area contributed by atoms with Crippen LogP contribution in [0.2, 0.25) is 0 Å². The molecule has 1 aromatic heterocycles. The highest BCUT2D eigenvalue weighted by atomic mass is 15.1. The second-order valence-corrected chi connectivity index (χ2v) is 9.57. The average molecular weight is 513 g/mol. The van der Waals surface area contributed by atoms with Crippen LogP contribution in [0.4, 0.5) is 0 Å². The van der Waals surface area contributed by atoms with Crippen molar-refractivity contribution in [3.05, 3.63) is 138 Å². The molecule has 1 aliphatic rings. The molecule has 1 atom stereocenters. The first kappa shape index (κ1) is 23.3. The summed E-state index contributed by atoms with van der Waals surface area (Å²) in [6, 6.07) is 37.9. The molecule has 0 fully saturated rings. The maximum absolute atomic E-state index is 10.1. The van der Waals surface area contributed by atoms with Crippen LogP contribution >= 0.6 is 0 Å². The molecule has 0 radical (unpaired) electrons. The lowest BCUT2D eigenvalue weighted by Crippen LogP contribution is -2.32. The third kappa shape index (κ3) is 3.93. The average Bonchev–Trinajstić information content (AvgIpc) is 3.03. The molecule has 0 saturated heterocycles. The van der Waals surface area contributed by atoms with Crippen molar-refractivity contribution in [2.24, 2.45) is 4.99 Å². The summed E-state index contributed by atoms with van der Waals surface area (Å²) >= 11 is 0. The topological polar surface area (TPSA) is 78.3 Å². The fourth-order valence-electron chi connectivity index (χ4n) is 5.21. The molecule has 186 valence electrons. The van der Waals surface area contributed by atoms with Crippen molar-refractivity contribution in [3.8, 4) is 17.3 Å². The minimum atomic E-state index is -0.721. The molecule has 0 aliphatic carbocycles. The molecule has 2 heterocycles. The van der Waals surface area contributed by atoms with Crippen LogP contribution in [0.5, 0.6) is 0 Å². The molecule has 0 spiro atoms. The number of nitrogens with zero attached hydrogens (tertiary/aromatic N) is 5. The van der Waals surface area contributed by atoms with Gasteiger partial charge in [0.15, 0.2) is 11.9 Å². The van der Waals surface area contributed by atoms with Crippen molar-refractivity contribution in [1.29, 1.82) is 5.26 Å². The molecule has 1 N–H and O–H groups in total. The van der Waals surface area contributed by atoms with E-state index in [2.05, 4.69) is 51.6 Å². The number of para-hydroxylation sites is 1. The van der Waals surface area contributed by atoms with Crippen molar-refractivity contribution < 1.29 is 0 Å². The summed E-state index contributed by atoms with van der Waals surface area (Å²) in [5, 5.41) is 18.8. The van der Waals surface area contributed by atoms with E-state index in [9.17, 15) is 5.26 Å². The fourth-order valence-corrected chi connectivity index (χ4v) is 5.21. The largest absolute Gasteiger partial charge is 0.375 e. The van der Waals surface area contributed by atoms with Gasteiger partial charge in [-0.2, -0.15) is 5.26 Å². The zero-order valence-electron chi connectivity index (χ0n) is 21.2. The van der Waals surface area contributed by atoms with Gasteiger partial charge in [0.25, 0.3) is 5.82 Å². The first-order chi connectivity index (χ1) is 19.7. The number of nitriles is 1. The van der Waals surface area contributed by atoms with E-state index in [1.54, 1.807) is 0 Å². The molecule has 0 saturated carbocycles. The Hall–Kier alpha value is -5.85. The van der Waals surface area contributed by atoms with Crippen LogP contribution in [-0.2, 0) is 0 Å². The van der Waals surface area contributed by atoms with Crippen LogP contribution in [0.3, 0.4) is 0 Å². The molecule has 0 amide bonds. The first-order valence-electron chi connectivity index (χ1n) is 12.8. The van der Waals surface area contributed by atoms with Crippen LogP contribution in [-0.4, -0.2) is 15.7 Å². The standard InChI is InChI=1S/C34H20N6/c1-36-33-31(26-17-15-22-9-3-5-11-24(22)19-26)39-32(29(20-35)38-33)34-37-28-13-7-6-12-27(28)30(40-34)25-16-14-21-8-2-4-10-23(21)18-25/h2-19,32,39H. The van der Waals surface area contributed by atoms with Gasteiger partial charge in [0, 0.05) is 10.9 Å². The van der Waals surface area contributed by atoms with E-state index in [1.807, 2.05) is 78.9 Å². The Labute approximate surface area is 230 Å². The van der Waals surface area contributed by atoms with E-state index in [1.165, 1.54) is 0 Å². The van der Waals surface area contributed by atoms with E-state index in [0.29, 0.717) is 11.5 Å². The normalized spacial score (nSPS) is 14.9. The molecule has 1 unspecified atom stereocenters. The number of nitrogens with one attached hydrogen (secondary N) is 1. The SMILES string of the molecule is [C-]#[N+]C1=C(c2ccc3ccccc3c2)NC(c2nc(-c3ccc4ccccc4c3)c3ccccc3n2)C(C#N)=N1. The monoisotopic (exact) mass is 512 g/mol. The van der Waals surface area contributed by atoms with Crippen LogP contribution in [0.25, 0.3) is 54.2 Å². The second kappa shape index (κ2) is 9.47. The molecule has 40 heavy (non-hydrogen) atoms. The number of hydrogen-bond donors (Lipinski definition) is 1. The number of fused-ring (bicyclic) bond motifs is 3. The highest BCUT2D eigenvalue weighted by Crippen LogP contribution is 2.33. The Bertz CT molecular complexity index is 2130. The van der Waals surface area contributed by atoms with Gasteiger partial charge >= 0.3 is 0 Å².